The monoisotopic (exact) mass is 251 g/mol. The summed E-state index contributed by atoms with van der Waals surface area (Å²) in [6.45, 7) is 3.82. The SMILES string of the molecule is CC(c1cnccn1)N1CCOCC1CC(=O)O. The molecule has 98 valence electrons. The molecular formula is C12H17N3O3. The van der Waals surface area contributed by atoms with Crippen LogP contribution < -0.4 is 0 Å². The Balaban J connectivity index is 2.11. The minimum absolute atomic E-state index is 0.0481. The number of nitrogens with zero attached hydrogens (tertiary/aromatic N) is 3. The zero-order chi connectivity index (χ0) is 13.0. The van der Waals surface area contributed by atoms with Crippen LogP contribution in [0.2, 0.25) is 0 Å². The molecule has 0 spiro atoms. The van der Waals surface area contributed by atoms with E-state index in [1.165, 1.54) is 0 Å². The number of carboxylic acids is 1. The van der Waals surface area contributed by atoms with Gasteiger partial charge >= 0.3 is 5.97 Å². The van der Waals surface area contributed by atoms with Crippen molar-refractivity contribution in [1.82, 2.24) is 14.9 Å². The second-order valence-electron chi connectivity index (χ2n) is 4.37. The predicted molar refractivity (Wildman–Crippen MR) is 64.0 cm³/mol. The number of aliphatic carboxylic acids is 1. The van der Waals surface area contributed by atoms with Crippen molar-refractivity contribution < 1.29 is 14.6 Å². The van der Waals surface area contributed by atoms with Gasteiger partial charge in [0.05, 0.1) is 31.4 Å². The van der Waals surface area contributed by atoms with Crippen LogP contribution in [0.4, 0.5) is 0 Å². The Morgan fingerprint density at radius 2 is 2.50 bits per heavy atom. The van der Waals surface area contributed by atoms with E-state index in [9.17, 15) is 4.79 Å². The molecule has 1 aliphatic heterocycles. The maximum Gasteiger partial charge on any atom is 0.305 e. The second kappa shape index (κ2) is 5.88. The predicted octanol–water partition coefficient (Wildman–Crippen LogP) is 0.713. The van der Waals surface area contributed by atoms with E-state index in [1.807, 2.05) is 6.92 Å². The van der Waals surface area contributed by atoms with E-state index in [2.05, 4.69) is 14.9 Å². The number of hydrogen-bond acceptors (Lipinski definition) is 5. The van der Waals surface area contributed by atoms with E-state index in [0.717, 1.165) is 12.2 Å². The van der Waals surface area contributed by atoms with Crippen molar-refractivity contribution in [1.29, 1.82) is 0 Å². The summed E-state index contributed by atoms with van der Waals surface area (Å²) in [6.07, 6.45) is 5.09. The van der Waals surface area contributed by atoms with Crippen LogP contribution in [-0.2, 0) is 9.53 Å². The molecule has 1 N–H and O–H groups in total. The number of carbonyl (C=O) groups is 1. The van der Waals surface area contributed by atoms with E-state index in [1.54, 1.807) is 18.6 Å². The van der Waals surface area contributed by atoms with Crippen LogP contribution in [0, 0.1) is 0 Å². The first-order valence-electron chi connectivity index (χ1n) is 5.99. The highest BCUT2D eigenvalue weighted by Crippen LogP contribution is 2.23. The lowest BCUT2D eigenvalue weighted by atomic mass is 10.1. The third-order valence-corrected chi connectivity index (χ3v) is 3.19. The molecule has 0 aromatic carbocycles. The fourth-order valence-corrected chi connectivity index (χ4v) is 2.25. The van der Waals surface area contributed by atoms with Crippen LogP contribution in [0.15, 0.2) is 18.6 Å². The summed E-state index contributed by atoms with van der Waals surface area (Å²) in [5.41, 5.74) is 0.856. The standard InChI is InChI=1S/C12H17N3O3/c1-9(11-7-13-2-3-14-11)15-4-5-18-8-10(15)6-12(16)17/h2-3,7,9-10H,4-6,8H2,1H3,(H,16,17). The second-order valence-corrected chi connectivity index (χ2v) is 4.37. The Morgan fingerprint density at radius 1 is 1.67 bits per heavy atom. The molecule has 2 atom stereocenters. The fraction of sp³-hybridized carbons (Fsp3) is 0.583. The molecule has 6 nitrogen and oxygen atoms in total. The Kier molecular flexibility index (Phi) is 4.22. The molecule has 6 heteroatoms. The van der Waals surface area contributed by atoms with Crippen molar-refractivity contribution >= 4 is 5.97 Å². The molecule has 18 heavy (non-hydrogen) atoms. The van der Waals surface area contributed by atoms with E-state index in [0.29, 0.717) is 13.2 Å². The van der Waals surface area contributed by atoms with E-state index in [4.69, 9.17) is 9.84 Å². The number of rotatable bonds is 4. The minimum Gasteiger partial charge on any atom is -0.481 e. The van der Waals surface area contributed by atoms with Crippen LogP contribution in [0.3, 0.4) is 0 Å². The lowest BCUT2D eigenvalue weighted by molar-refractivity contribution is -0.140. The van der Waals surface area contributed by atoms with Gasteiger partial charge in [0.2, 0.25) is 0 Å². The van der Waals surface area contributed by atoms with Gasteiger partial charge in [-0.3, -0.25) is 19.7 Å². The number of morpholine rings is 1. The summed E-state index contributed by atoms with van der Waals surface area (Å²) in [5, 5.41) is 8.93. The summed E-state index contributed by atoms with van der Waals surface area (Å²) < 4.78 is 5.36. The summed E-state index contributed by atoms with van der Waals surface area (Å²) in [6, 6.07) is -0.0554. The van der Waals surface area contributed by atoms with Crippen LogP contribution in [0.1, 0.15) is 25.1 Å². The van der Waals surface area contributed by atoms with Gasteiger partial charge in [0, 0.05) is 31.2 Å². The van der Waals surface area contributed by atoms with Gasteiger partial charge in [0.25, 0.3) is 0 Å². The van der Waals surface area contributed by atoms with Crippen molar-refractivity contribution in [2.24, 2.45) is 0 Å². The van der Waals surface area contributed by atoms with Gasteiger partial charge < -0.3 is 9.84 Å². The fourth-order valence-electron chi connectivity index (χ4n) is 2.25. The normalized spacial score (nSPS) is 22.6. The number of ether oxygens (including phenoxy) is 1. The van der Waals surface area contributed by atoms with Crippen LogP contribution in [0.5, 0.6) is 0 Å². The van der Waals surface area contributed by atoms with Crippen LogP contribution in [-0.4, -0.2) is 51.7 Å². The lowest BCUT2D eigenvalue weighted by Crippen LogP contribution is -2.47. The van der Waals surface area contributed by atoms with Gasteiger partial charge in [0.15, 0.2) is 0 Å². The van der Waals surface area contributed by atoms with Gasteiger partial charge in [-0.1, -0.05) is 0 Å². The first-order chi connectivity index (χ1) is 8.68. The van der Waals surface area contributed by atoms with Crippen molar-refractivity contribution in [2.45, 2.75) is 25.4 Å². The minimum atomic E-state index is -0.804. The van der Waals surface area contributed by atoms with Crippen LogP contribution in [0.25, 0.3) is 0 Å². The largest absolute Gasteiger partial charge is 0.481 e. The number of aromatic nitrogens is 2. The van der Waals surface area contributed by atoms with Gasteiger partial charge in [-0.05, 0) is 6.92 Å². The first-order valence-corrected chi connectivity index (χ1v) is 5.99. The molecule has 1 saturated heterocycles. The van der Waals surface area contributed by atoms with Crippen molar-refractivity contribution in [3.8, 4) is 0 Å². The topological polar surface area (TPSA) is 75.5 Å². The molecule has 0 saturated carbocycles. The summed E-state index contributed by atoms with van der Waals surface area (Å²) in [7, 11) is 0. The summed E-state index contributed by atoms with van der Waals surface area (Å²) >= 11 is 0. The Bertz CT molecular complexity index is 399. The third kappa shape index (κ3) is 3.02. The number of hydrogen-bond donors (Lipinski definition) is 1. The molecule has 0 radical (unpaired) electrons. The highest BCUT2D eigenvalue weighted by molar-refractivity contribution is 5.67. The molecule has 1 aromatic heterocycles. The highest BCUT2D eigenvalue weighted by Gasteiger charge is 2.30. The quantitative estimate of drug-likeness (QED) is 0.849. The smallest absolute Gasteiger partial charge is 0.305 e. The Morgan fingerprint density at radius 3 is 3.17 bits per heavy atom. The van der Waals surface area contributed by atoms with Crippen LogP contribution >= 0.6 is 0 Å². The molecule has 2 heterocycles. The average molecular weight is 251 g/mol. The Hall–Kier alpha value is -1.53. The molecule has 1 fully saturated rings. The molecule has 0 bridgehead atoms. The van der Waals surface area contributed by atoms with Gasteiger partial charge in [-0.2, -0.15) is 0 Å². The highest BCUT2D eigenvalue weighted by atomic mass is 16.5. The zero-order valence-electron chi connectivity index (χ0n) is 10.3. The van der Waals surface area contributed by atoms with Gasteiger partial charge in [-0.25, -0.2) is 0 Å². The molecule has 0 amide bonds. The van der Waals surface area contributed by atoms with Crippen molar-refractivity contribution in [3.63, 3.8) is 0 Å². The summed E-state index contributed by atoms with van der Waals surface area (Å²) in [4.78, 5) is 21.3. The lowest BCUT2D eigenvalue weighted by Gasteiger charge is -2.38. The first kappa shape index (κ1) is 12.9. The van der Waals surface area contributed by atoms with Gasteiger partial charge in [0.1, 0.15) is 0 Å². The molecule has 2 rings (SSSR count). The molecule has 1 aromatic rings. The van der Waals surface area contributed by atoms with E-state index < -0.39 is 5.97 Å². The summed E-state index contributed by atoms with van der Waals surface area (Å²) in [5.74, 6) is -0.804. The van der Waals surface area contributed by atoms with Gasteiger partial charge in [-0.15, -0.1) is 0 Å². The molecule has 1 aliphatic rings. The molecule has 0 aliphatic carbocycles. The van der Waals surface area contributed by atoms with E-state index in [-0.39, 0.29) is 18.5 Å². The Labute approximate surface area is 106 Å². The zero-order valence-corrected chi connectivity index (χ0v) is 10.3. The molecule has 2 unspecified atom stereocenters. The maximum atomic E-state index is 10.9. The number of carboxylic acid groups (broad SMARTS) is 1. The van der Waals surface area contributed by atoms with Crippen molar-refractivity contribution in [2.75, 3.05) is 19.8 Å². The third-order valence-electron chi connectivity index (χ3n) is 3.19. The molecular weight excluding hydrogens is 234 g/mol. The maximum absolute atomic E-state index is 10.9. The average Bonchev–Trinajstić information content (AvgIpc) is 2.39. The van der Waals surface area contributed by atoms with E-state index >= 15 is 0 Å². The van der Waals surface area contributed by atoms with Crippen molar-refractivity contribution in [3.05, 3.63) is 24.3 Å².